The SMILES string of the molecule is C/C=C(\C)c1ccc(Oc2cc(Cl)ccc2C=O)cc1. The van der Waals surface area contributed by atoms with Gasteiger partial charge in [-0.2, -0.15) is 0 Å². The van der Waals surface area contributed by atoms with Crippen molar-refractivity contribution in [2.24, 2.45) is 0 Å². The number of aldehydes is 1. The average molecular weight is 287 g/mol. The first kappa shape index (κ1) is 14.4. The van der Waals surface area contributed by atoms with Gasteiger partial charge >= 0.3 is 0 Å². The van der Waals surface area contributed by atoms with Gasteiger partial charge in [0.05, 0.1) is 5.56 Å². The maximum atomic E-state index is 11.0. The van der Waals surface area contributed by atoms with Crippen LogP contribution in [-0.2, 0) is 0 Å². The van der Waals surface area contributed by atoms with Gasteiger partial charge in [0.1, 0.15) is 11.5 Å². The maximum Gasteiger partial charge on any atom is 0.153 e. The van der Waals surface area contributed by atoms with E-state index in [-0.39, 0.29) is 0 Å². The van der Waals surface area contributed by atoms with Crippen molar-refractivity contribution in [2.75, 3.05) is 0 Å². The predicted octanol–water partition coefficient (Wildman–Crippen LogP) is 5.37. The maximum absolute atomic E-state index is 11.0. The largest absolute Gasteiger partial charge is 0.457 e. The monoisotopic (exact) mass is 286 g/mol. The number of benzene rings is 2. The molecule has 0 amide bonds. The fourth-order valence-electron chi connectivity index (χ4n) is 1.77. The van der Waals surface area contributed by atoms with E-state index in [2.05, 4.69) is 13.0 Å². The van der Waals surface area contributed by atoms with Crippen LogP contribution in [0.15, 0.2) is 48.5 Å². The Bertz CT molecular complexity index is 643. The first-order valence-corrected chi connectivity index (χ1v) is 6.67. The molecule has 0 aliphatic rings. The Morgan fingerprint density at radius 3 is 2.45 bits per heavy atom. The van der Waals surface area contributed by atoms with Crippen LogP contribution in [0.4, 0.5) is 0 Å². The lowest BCUT2D eigenvalue weighted by molar-refractivity contribution is 0.112. The molecule has 0 N–H and O–H groups in total. The highest BCUT2D eigenvalue weighted by Crippen LogP contribution is 2.28. The Labute approximate surface area is 123 Å². The highest BCUT2D eigenvalue weighted by atomic mass is 35.5. The molecule has 0 radical (unpaired) electrons. The second-order valence-corrected chi connectivity index (χ2v) is 4.83. The number of hydrogen-bond acceptors (Lipinski definition) is 2. The van der Waals surface area contributed by atoms with Gasteiger partial charge in [-0.3, -0.25) is 4.79 Å². The van der Waals surface area contributed by atoms with Gasteiger partial charge < -0.3 is 4.74 Å². The van der Waals surface area contributed by atoms with E-state index in [1.165, 1.54) is 5.57 Å². The van der Waals surface area contributed by atoms with Crippen molar-refractivity contribution in [1.82, 2.24) is 0 Å². The first-order valence-electron chi connectivity index (χ1n) is 6.30. The minimum Gasteiger partial charge on any atom is -0.457 e. The fourth-order valence-corrected chi connectivity index (χ4v) is 1.94. The number of halogens is 1. The van der Waals surface area contributed by atoms with E-state index in [1.54, 1.807) is 18.2 Å². The van der Waals surface area contributed by atoms with E-state index in [9.17, 15) is 4.79 Å². The average Bonchev–Trinajstić information content (AvgIpc) is 2.47. The first-order chi connectivity index (χ1) is 9.63. The summed E-state index contributed by atoms with van der Waals surface area (Å²) >= 11 is 5.92. The fraction of sp³-hybridized carbons (Fsp3) is 0.118. The van der Waals surface area contributed by atoms with Crippen molar-refractivity contribution < 1.29 is 9.53 Å². The Morgan fingerprint density at radius 2 is 1.85 bits per heavy atom. The normalized spacial score (nSPS) is 11.2. The van der Waals surface area contributed by atoms with Gasteiger partial charge in [0, 0.05) is 11.1 Å². The topological polar surface area (TPSA) is 26.3 Å². The summed E-state index contributed by atoms with van der Waals surface area (Å²) in [4.78, 5) is 11.0. The molecule has 3 heteroatoms. The van der Waals surface area contributed by atoms with E-state index in [4.69, 9.17) is 16.3 Å². The number of carbonyl (C=O) groups excluding carboxylic acids is 1. The van der Waals surface area contributed by atoms with E-state index in [0.29, 0.717) is 22.1 Å². The van der Waals surface area contributed by atoms with Crippen molar-refractivity contribution >= 4 is 23.5 Å². The molecule has 2 aromatic rings. The van der Waals surface area contributed by atoms with Crippen LogP contribution in [0, 0.1) is 0 Å². The lowest BCUT2D eigenvalue weighted by Crippen LogP contribution is -1.90. The minimum atomic E-state index is 0.461. The quantitative estimate of drug-likeness (QED) is 0.707. The minimum absolute atomic E-state index is 0.461. The molecule has 0 bridgehead atoms. The number of rotatable bonds is 4. The van der Waals surface area contributed by atoms with Crippen molar-refractivity contribution in [2.45, 2.75) is 13.8 Å². The van der Waals surface area contributed by atoms with Crippen molar-refractivity contribution in [3.63, 3.8) is 0 Å². The molecule has 0 fully saturated rings. The molecule has 0 saturated carbocycles. The molecule has 0 saturated heterocycles. The summed E-state index contributed by atoms with van der Waals surface area (Å²) in [5.41, 5.74) is 2.82. The summed E-state index contributed by atoms with van der Waals surface area (Å²) in [6.45, 7) is 4.05. The number of carbonyl (C=O) groups is 1. The van der Waals surface area contributed by atoms with Crippen LogP contribution < -0.4 is 4.74 Å². The molecule has 20 heavy (non-hydrogen) atoms. The molecule has 102 valence electrons. The zero-order chi connectivity index (χ0) is 14.5. The molecular formula is C17H15ClO2. The number of allylic oxidation sites excluding steroid dienone is 2. The third-order valence-corrected chi connectivity index (χ3v) is 3.31. The summed E-state index contributed by atoms with van der Waals surface area (Å²) in [6.07, 6.45) is 2.81. The molecule has 2 nitrogen and oxygen atoms in total. The van der Waals surface area contributed by atoms with Crippen LogP contribution in [0.5, 0.6) is 11.5 Å². The number of ether oxygens (including phenoxy) is 1. The van der Waals surface area contributed by atoms with Crippen molar-refractivity contribution in [3.05, 3.63) is 64.7 Å². The molecule has 0 heterocycles. The lowest BCUT2D eigenvalue weighted by atomic mass is 10.1. The van der Waals surface area contributed by atoms with Crippen LogP contribution in [0.1, 0.15) is 29.8 Å². The zero-order valence-corrected chi connectivity index (χ0v) is 12.1. The molecule has 0 atom stereocenters. The van der Waals surface area contributed by atoms with Gasteiger partial charge in [0.25, 0.3) is 0 Å². The van der Waals surface area contributed by atoms with Gasteiger partial charge in [-0.1, -0.05) is 29.8 Å². The smallest absolute Gasteiger partial charge is 0.153 e. The Morgan fingerprint density at radius 1 is 1.15 bits per heavy atom. The third-order valence-electron chi connectivity index (χ3n) is 3.07. The molecule has 2 aromatic carbocycles. The third kappa shape index (κ3) is 3.28. The molecule has 0 spiro atoms. The lowest BCUT2D eigenvalue weighted by Gasteiger charge is -2.09. The van der Waals surface area contributed by atoms with Crippen molar-refractivity contribution in [3.8, 4) is 11.5 Å². The van der Waals surface area contributed by atoms with Crippen LogP contribution in [0.2, 0.25) is 5.02 Å². The summed E-state index contributed by atoms with van der Waals surface area (Å²) in [5, 5.41) is 0.534. The van der Waals surface area contributed by atoms with Gasteiger partial charge in [0.2, 0.25) is 0 Å². The Balaban J connectivity index is 2.26. The molecular weight excluding hydrogens is 272 g/mol. The van der Waals surface area contributed by atoms with E-state index in [1.807, 2.05) is 31.2 Å². The van der Waals surface area contributed by atoms with E-state index >= 15 is 0 Å². The van der Waals surface area contributed by atoms with Gasteiger partial charge in [-0.25, -0.2) is 0 Å². The zero-order valence-electron chi connectivity index (χ0n) is 11.4. The summed E-state index contributed by atoms with van der Waals surface area (Å²) in [5.74, 6) is 1.13. The molecule has 0 aromatic heterocycles. The second kappa shape index (κ2) is 6.40. The molecule has 0 aliphatic heterocycles. The Hall–Kier alpha value is -2.06. The summed E-state index contributed by atoms with van der Waals surface area (Å²) in [6, 6.07) is 12.7. The predicted molar refractivity (Wildman–Crippen MR) is 82.7 cm³/mol. The molecule has 0 aliphatic carbocycles. The van der Waals surface area contributed by atoms with Crippen LogP contribution >= 0.6 is 11.6 Å². The van der Waals surface area contributed by atoms with E-state index in [0.717, 1.165) is 11.8 Å². The standard InChI is InChI=1S/C17H15ClO2/c1-3-12(2)13-5-8-16(9-6-13)20-17-10-15(18)7-4-14(17)11-19/h3-11H,1-2H3/b12-3+. The van der Waals surface area contributed by atoms with Gasteiger partial charge in [0.15, 0.2) is 6.29 Å². The van der Waals surface area contributed by atoms with Crippen molar-refractivity contribution in [1.29, 1.82) is 0 Å². The Kier molecular flexibility index (Phi) is 4.59. The van der Waals surface area contributed by atoms with Crippen LogP contribution in [-0.4, -0.2) is 6.29 Å². The van der Waals surface area contributed by atoms with E-state index < -0.39 is 0 Å². The van der Waals surface area contributed by atoms with Crippen LogP contribution in [0.3, 0.4) is 0 Å². The summed E-state index contributed by atoms with van der Waals surface area (Å²) in [7, 11) is 0. The van der Waals surface area contributed by atoms with Gasteiger partial charge in [-0.15, -0.1) is 0 Å². The highest BCUT2D eigenvalue weighted by molar-refractivity contribution is 6.30. The highest BCUT2D eigenvalue weighted by Gasteiger charge is 2.05. The number of hydrogen-bond donors (Lipinski definition) is 0. The van der Waals surface area contributed by atoms with Crippen LogP contribution in [0.25, 0.3) is 5.57 Å². The second-order valence-electron chi connectivity index (χ2n) is 4.40. The molecule has 0 unspecified atom stereocenters. The molecule has 2 rings (SSSR count). The summed E-state index contributed by atoms with van der Waals surface area (Å²) < 4.78 is 5.71. The van der Waals surface area contributed by atoms with Gasteiger partial charge in [-0.05, 0) is 49.2 Å².